The Morgan fingerprint density at radius 3 is 2.47 bits per heavy atom. The highest BCUT2D eigenvalue weighted by Gasteiger charge is 2.15. The molecule has 0 saturated heterocycles. The van der Waals surface area contributed by atoms with Gasteiger partial charge in [-0.25, -0.2) is 4.98 Å². The lowest BCUT2D eigenvalue weighted by atomic mass is 10.0. The van der Waals surface area contributed by atoms with Crippen LogP contribution in [0, 0.1) is 20.8 Å². The van der Waals surface area contributed by atoms with Crippen LogP contribution in [-0.2, 0) is 0 Å². The summed E-state index contributed by atoms with van der Waals surface area (Å²) in [6.45, 7) is 6.14. The summed E-state index contributed by atoms with van der Waals surface area (Å²) in [6.07, 6.45) is 0. The van der Waals surface area contributed by atoms with Crippen molar-refractivity contribution in [1.82, 2.24) is 4.98 Å². The predicted octanol–water partition coefficient (Wildman–Crippen LogP) is 3.33. The lowest BCUT2D eigenvalue weighted by molar-refractivity contribution is 0.413. The third-order valence-corrected chi connectivity index (χ3v) is 3.49. The van der Waals surface area contributed by atoms with Gasteiger partial charge >= 0.3 is 0 Å². The summed E-state index contributed by atoms with van der Waals surface area (Å²) in [5, 5.41) is 0.596. The first-order valence-electron chi connectivity index (χ1n) is 5.41. The van der Waals surface area contributed by atoms with E-state index in [1.807, 2.05) is 13.8 Å². The number of hydrogen-bond acceptors (Lipinski definition) is 4. The van der Waals surface area contributed by atoms with Crippen LogP contribution in [0.1, 0.15) is 16.0 Å². The number of methoxy groups -OCH3 is 1. The van der Waals surface area contributed by atoms with Gasteiger partial charge in [-0.15, -0.1) is 11.3 Å². The van der Waals surface area contributed by atoms with Gasteiger partial charge < -0.3 is 10.5 Å². The number of benzene rings is 1. The van der Waals surface area contributed by atoms with E-state index in [4.69, 9.17) is 10.5 Å². The fourth-order valence-corrected chi connectivity index (χ4v) is 2.77. The predicted molar refractivity (Wildman–Crippen MR) is 72.7 cm³/mol. The lowest BCUT2D eigenvalue weighted by Crippen LogP contribution is -1.94. The van der Waals surface area contributed by atoms with Crippen LogP contribution in [0.15, 0.2) is 12.1 Å². The number of thiazole rings is 1. The van der Waals surface area contributed by atoms with Crippen LogP contribution in [0.25, 0.3) is 11.3 Å². The second-order valence-electron chi connectivity index (χ2n) is 4.12. The van der Waals surface area contributed by atoms with Gasteiger partial charge in [0.1, 0.15) is 5.75 Å². The van der Waals surface area contributed by atoms with E-state index in [2.05, 4.69) is 24.0 Å². The van der Waals surface area contributed by atoms with E-state index in [0.717, 1.165) is 27.4 Å². The summed E-state index contributed by atoms with van der Waals surface area (Å²) < 4.78 is 5.47. The van der Waals surface area contributed by atoms with Crippen LogP contribution < -0.4 is 10.5 Å². The van der Waals surface area contributed by atoms with Gasteiger partial charge in [0.15, 0.2) is 5.13 Å². The van der Waals surface area contributed by atoms with Gasteiger partial charge in [0.25, 0.3) is 0 Å². The Bertz CT molecular complexity index is 561. The normalized spacial score (nSPS) is 10.6. The van der Waals surface area contributed by atoms with Gasteiger partial charge in [0.05, 0.1) is 12.8 Å². The van der Waals surface area contributed by atoms with Gasteiger partial charge in [-0.2, -0.15) is 0 Å². The van der Waals surface area contributed by atoms with Crippen molar-refractivity contribution in [2.75, 3.05) is 12.8 Å². The van der Waals surface area contributed by atoms with E-state index in [0.29, 0.717) is 5.13 Å². The summed E-state index contributed by atoms with van der Waals surface area (Å²) in [5.41, 5.74) is 10.0. The van der Waals surface area contributed by atoms with Crippen LogP contribution >= 0.6 is 11.3 Å². The van der Waals surface area contributed by atoms with Gasteiger partial charge in [-0.3, -0.25) is 0 Å². The molecule has 3 nitrogen and oxygen atoms in total. The second-order valence-corrected chi connectivity index (χ2v) is 5.35. The van der Waals surface area contributed by atoms with Crippen LogP contribution in [0.3, 0.4) is 0 Å². The standard InChI is InChI=1S/C13H16N2OS/c1-7-5-8(2)12(16-4)10(6-7)11-9(3)17-13(14)15-11/h5-6H,1-4H3,(H2,14,15). The van der Waals surface area contributed by atoms with Crippen molar-refractivity contribution in [2.45, 2.75) is 20.8 Å². The minimum Gasteiger partial charge on any atom is -0.496 e. The van der Waals surface area contributed by atoms with Crippen molar-refractivity contribution in [3.63, 3.8) is 0 Å². The molecule has 0 spiro atoms. The first-order chi connectivity index (χ1) is 8.02. The molecule has 0 aliphatic carbocycles. The number of nitrogens with zero attached hydrogens (tertiary/aromatic N) is 1. The Morgan fingerprint density at radius 1 is 1.24 bits per heavy atom. The van der Waals surface area contributed by atoms with Crippen molar-refractivity contribution >= 4 is 16.5 Å². The molecular weight excluding hydrogens is 232 g/mol. The SMILES string of the molecule is COc1c(C)cc(C)cc1-c1nc(N)sc1C. The number of nitrogen functional groups attached to an aromatic ring is 1. The maximum atomic E-state index is 5.75. The summed E-state index contributed by atoms with van der Waals surface area (Å²) in [4.78, 5) is 5.50. The van der Waals surface area contributed by atoms with Crippen molar-refractivity contribution in [3.8, 4) is 17.0 Å². The van der Waals surface area contributed by atoms with Crippen LogP contribution in [0.2, 0.25) is 0 Å². The van der Waals surface area contributed by atoms with E-state index < -0.39 is 0 Å². The smallest absolute Gasteiger partial charge is 0.180 e. The summed E-state index contributed by atoms with van der Waals surface area (Å²) in [7, 11) is 1.69. The fraction of sp³-hybridized carbons (Fsp3) is 0.308. The minimum atomic E-state index is 0.596. The zero-order chi connectivity index (χ0) is 12.6. The number of rotatable bonds is 2. The molecule has 0 radical (unpaired) electrons. The van der Waals surface area contributed by atoms with E-state index in [-0.39, 0.29) is 0 Å². The monoisotopic (exact) mass is 248 g/mol. The van der Waals surface area contributed by atoms with Gasteiger partial charge in [-0.05, 0) is 38.0 Å². The molecule has 0 unspecified atom stereocenters. The Labute approximate surface area is 105 Å². The van der Waals surface area contributed by atoms with Crippen LogP contribution in [-0.4, -0.2) is 12.1 Å². The van der Waals surface area contributed by atoms with Crippen molar-refractivity contribution in [3.05, 3.63) is 28.1 Å². The average molecular weight is 248 g/mol. The molecular formula is C13H16N2OS. The topological polar surface area (TPSA) is 48.1 Å². The molecule has 0 amide bonds. The zero-order valence-corrected chi connectivity index (χ0v) is 11.3. The fourth-order valence-electron chi connectivity index (χ4n) is 2.07. The second kappa shape index (κ2) is 4.37. The molecule has 0 aliphatic heterocycles. The number of hydrogen-bond donors (Lipinski definition) is 1. The molecule has 90 valence electrons. The molecule has 1 aromatic carbocycles. The molecule has 0 aliphatic rings. The van der Waals surface area contributed by atoms with Gasteiger partial charge in [0, 0.05) is 10.4 Å². The zero-order valence-electron chi connectivity index (χ0n) is 10.5. The first kappa shape index (κ1) is 11.9. The Kier molecular flexibility index (Phi) is 3.07. The molecule has 0 fully saturated rings. The number of aryl methyl sites for hydroxylation is 3. The first-order valence-corrected chi connectivity index (χ1v) is 6.23. The average Bonchev–Trinajstić information content (AvgIpc) is 2.56. The highest BCUT2D eigenvalue weighted by atomic mass is 32.1. The Morgan fingerprint density at radius 2 is 1.94 bits per heavy atom. The molecule has 0 saturated carbocycles. The number of ether oxygens (including phenoxy) is 1. The molecule has 2 aromatic rings. The largest absolute Gasteiger partial charge is 0.496 e. The maximum Gasteiger partial charge on any atom is 0.180 e. The summed E-state index contributed by atoms with van der Waals surface area (Å²) in [5.74, 6) is 0.879. The third-order valence-electron chi connectivity index (χ3n) is 2.69. The molecule has 0 atom stereocenters. The molecule has 17 heavy (non-hydrogen) atoms. The number of nitrogens with two attached hydrogens (primary N) is 1. The van der Waals surface area contributed by atoms with E-state index in [1.165, 1.54) is 16.9 Å². The van der Waals surface area contributed by atoms with E-state index in [1.54, 1.807) is 7.11 Å². The molecule has 1 aromatic heterocycles. The Balaban J connectivity index is 2.69. The number of anilines is 1. The van der Waals surface area contributed by atoms with E-state index >= 15 is 0 Å². The van der Waals surface area contributed by atoms with Crippen LogP contribution in [0.5, 0.6) is 5.75 Å². The van der Waals surface area contributed by atoms with Gasteiger partial charge in [-0.1, -0.05) is 6.07 Å². The highest BCUT2D eigenvalue weighted by molar-refractivity contribution is 7.15. The molecule has 0 bridgehead atoms. The highest BCUT2D eigenvalue weighted by Crippen LogP contribution is 2.37. The van der Waals surface area contributed by atoms with Crippen molar-refractivity contribution in [2.24, 2.45) is 0 Å². The number of aromatic nitrogens is 1. The summed E-state index contributed by atoms with van der Waals surface area (Å²) >= 11 is 1.51. The quantitative estimate of drug-likeness (QED) is 0.886. The van der Waals surface area contributed by atoms with Gasteiger partial charge in [0.2, 0.25) is 0 Å². The molecule has 4 heteroatoms. The molecule has 2 N–H and O–H groups in total. The van der Waals surface area contributed by atoms with Crippen molar-refractivity contribution < 1.29 is 4.74 Å². The maximum absolute atomic E-state index is 5.75. The van der Waals surface area contributed by atoms with E-state index in [9.17, 15) is 0 Å². The summed E-state index contributed by atoms with van der Waals surface area (Å²) in [6, 6.07) is 4.20. The lowest BCUT2D eigenvalue weighted by Gasteiger charge is -2.11. The minimum absolute atomic E-state index is 0.596. The Hall–Kier alpha value is -1.55. The van der Waals surface area contributed by atoms with Crippen molar-refractivity contribution in [1.29, 1.82) is 0 Å². The third kappa shape index (κ3) is 2.13. The molecule has 1 heterocycles. The van der Waals surface area contributed by atoms with Crippen LogP contribution in [0.4, 0.5) is 5.13 Å². The molecule has 2 rings (SSSR count).